The second-order valence-electron chi connectivity index (χ2n) is 13.2. The average Bonchev–Trinajstić information content (AvgIpc) is 3.03. The topological polar surface area (TPSA) is 3.24 Å². The lowest BCUT2D eigenvalue weighted by Crippen LogP contribution is -2.58. The number of benzene rings is 1. The van der Waals surface area contributed by atoms with Gasteiger partial charge in [-0.1, -0.05) is 108 Å². The number of hydrogen-bond acceptors (Lipinski definition) is 1. The number of nitrogens with zero attached hydrogens (tertiary/aromatic N) is 1. The van der Waals surface area contributed by atoms with Crippen LogP contribution in [0.2, 0.25) is 19.6 Å². The number of hydrogen-bond donors (Lipinski definition) is 0. The molecule has 3 aliphatic rings. The van der Waals surface area contributed by atoms with Gasteiger partial charge in [-0.25, -0.2) is 0 Å². The molecule has 30 heavy (non-hydrogen) atoms. The monoisotopic (exact) mass is 495 g/mol. The molecule has 0 spiro atoms. The lowest BCUT2D eigenvalue weighted by atomic mass is 9.98. The summed E-state index contributed by atoms with van der Waals surface area (Å²) in [5.74, 6) is 0. The molecule has 6 heteroatoms. The highest BCUT2D eigenvalue weighted by Gasteiger charge is 2.96. The molecule has 3 aliphatic heterocycles. The van der Waals surface area contributed by atoms with Crippen molar-refractivity contribution in [3.8, 4) is 0 Å². The van der Waals surface area contributed by atoms with E-state index in [4.69, 9.17) is 0 Å². The summed E-state index contributed by atoms with van der Waals surface area (Å²) >= 11 is 0. The van der Waals surface area contributed by atoms with Gasteiger partial charge in [0.1, 0.15) is 0 Å². The molecule has 0 aromatic heterocycles. The summed E-state index contributed by atoms with van der Waals surface area (Å²) in [5.41, 5.74) is 2.61. The van der Waals surface area contributed by atoms with Gasteiger partial charge in [0.15, 0.2) is 8.24 Å². The largest absolute Gasteiger partial charge is 0.375 e. The maximum Gasteiger partial charge on any atom is 0.152 e. The number of fused-ring (bicyclic) bond motifs is 1. The zero-order valence-corrected chi connectivity index (χ0v) is 25.7. The second kappa shape index (κ2) is 6.64. The minimum atomic E-state index is -1.56. The van der Waals surface area contributed by atoms with E-state index in [2.05, 4.69) is 117 Å². The fourth-order valence-corrected chi connectivity index (χ4v) is 44.0. The van der Waals surface area contributed by atoms with E-state index in [9.17, 15) is 0 Å². The summed E-state index contributed by atoms with van der Waals surface area (Å²) in [6, 6.07) is 11.5. The summed E-state index contributed by atoms with van der Waals surface area (Å²) in [6.07, 6.45) is 0. The second-order valence-corrected chi connectivity index (χ2v) is 30.7. The van der Waals surface area contributed by atoms with E-state index in [0.717, 1.165) is 0 Å². The quantitative estimate of drug-likeness (QED) is 0.298. The van der Waals surface area contributed by atoms with Crippen LogP contribution < -0.4 is 4.34 Å². The van der Waals surface area contributed by atoms with Crippen LogP contribution in [0, 0.1) is 16.2 Å². The summed E-state index contributed by atoms with van der Waals surface area (Å²) < 4.78 is 4.19. The Labute approximate surface area is 192 Å². The molecule has 1 nitrogen and oxygen atoms in total. The van der Waals surface area contributed by atoms with E-state index in [0.29, 0.717) is 25.5 Å². The van der Waals surface area contributed by atoms with Gasteiger partial charge in [0.05, 0.1) is 9.28 Å². The number of para-hydroxylation sites is 1. The van der Waals surface area contributed by atoms with Crippen LogP contribution in [-0.4, -0.2) is 22.5 Å². The van der Waals surface area contributed by atoms with Crippen LogP contribution in [0.5, 0.6) is 0 Å². The highest BCUT2D eigenvalue weighted by Crippen LogP contribution is 3.32. The van der Waals surface area contributed by atoms with Crippen molar-refractivity contribution in [2.45, 2.75) is 91.2 Å². The smallest absolute Gasteiger partial charge is 0.152 e. The molecule has 5 atom stereocenters. The minimum Gasteiger partial charge on any atom is -0.375 e. The van der Waals surface area contributed by atoms with Gasteiger partial charge in [0.25, 0.3) is 0 Å². The van der Waals surface area contributed by atoms with Gasteiger partial charge in [-0.15, -0.1) is 0 Å². The van der Waals surface area contributed by atoms with E-state index >= 15 is 0 Å². The number of anilines is 1. The maximum absolute atomic E-state index is 3.08. The predicted octanol–water partition coefficient (Wildman–Crippen LogP) is 10.2. The van der Waals surface area contributed by atoms with E-state index in [1.165, 1.54) is 5.69 Å². The van der Waals surface area contributed by atoms with E-state index < -0.39 is 8.24 Å². The molecule has 166 valence electrons. The first-order chi connectivity index (χ1) is 13.4. The van der Waals surface area contributed by atoms with Gasteiger partial charge in [-0.2, -0.15) is 0 Å². The van der Waals surface area contributed by atoms with Gasteiger partial charge < -0.3 is 4.34 Å². The summed E-state index contributed by atoms with van der Waals surface area (Å²) in [5, 5.41) is 1.95. The molecule has 4 rings (SSSR count). The van der Waals surface area contributed by atoms with Gasteiger partial charge in [-0.3, -0.25) is 0 Å². The van der Waals surface area contributed by atoms with Gasteiger partial charge in [0.2, 0.25) is 0 Å². The van der Waals surface area contributed by atoms with Crippen LogP contribution >= 0.6 is 31.5 Å². The predicted molar refractivity (Wildman–Crippen MR) is 149 cm³/mol. The van der Waals surface area contributed by atoms with Crippen molar-refractivity contribution in [3.63, 3.8) is 0 Å². The van der Waals surface area contributed by atoms with Crippen molar-refractivity contribution < 1.29 is 0 Å². The van der Waals surface area contributed by atoms with Crippen LogP contribution in [-0.2, 0) is 0 Å². The lowest BCUT2D eigenvalue weighted by molar-refractivity contribution is 0.387. The highest BCUT2D eigenvalue weighted by molar-refractivity contribution is 8.68. The molecule has 5 unspecified atom stereocenters. The molecule has 0 radical (unpaired) electrons. The standard InChI is InChI=1S/C24H41NP4Si/c1-20(2,3)19-26-23(21(4,5)6)28(24(22(7,8)9)27(19)29(23)24)25(30(10,11)12)18-16-14-13-15-17-18/h13-17H,1-12H3. The van der Waals surface area contributed by atoms with Crippen molar-refractivity contribution in [1.29, 1.82) is 0 Å². The van der Waals surface area contributed by atoms with Crippen molar-refractivity contribution in [1.82, 2.24) is 0 Å². The first kappa shape index (κ1) is 23.8. The number of rotatable bonds is 3. The first-order valence-corrected chi connectivity index (χ1v) is 20.3. The van der Waals surface area contributed by atoms with Crippen molar-refractivity contribution >= 4 is 50.5 Å². The van der Waals surface area contributed by atoms with Crippen molar-refractivity contribution in [2.24, 2.45) is 16.2 Å². The van der Waals surface area contributed by atoms with Gasteiger partial charge >= 0.3 is 0 Å². The average molecular weight is 496 g/mol. The molecule has 2 fully saturated rings. The fraction of sp³-hybridized carbons (Fsp3) is 0.708. The van der Waals surface area contributed by atoms with Crippen LogP contribution in [0.25, 0.3) is 0 Å². The third kappa shape index (κ3) is 2.86. The van der Waals surface area contributed by atoms with E-state index in [1.807, 2.05) is 5.03 Å². The van der Waals surface area contributed by atoms with Crippen molar-refractivity contribution in [3.05, 3.63) is 30.3 Å². The SMILES string of the molecule is CC(C)(C)C1=PC2(C(C)(C)C)P(N(c3ccccc3)[Si](C)(C)C)C3(C(C)(C)C)P1P23. The van der Waals surface area contributed by atoms with Crippen LogP contribution in [0.15, 0.2) is 30.3 Å². The fourth-order valence-electron chi connectivity index (χ4n) is 5.44. The molecule has 1 aromatic rings. The van der Waals surface area contributed by atoms with Crippen molar-refractivity contribution in [2.75, 3.05) is 4.34 Å². The van der Waals surface area contributed by atoms with Gasteiger partial charge in [-0.05, 0) is 48.6 Å². The summed E-state index contributed by atoms with van der Waals surface area (Å²) in [7, 11) is 0.103. The molecule has 0 bridgehead atoms. The Balaban J connectivity index is 2.00. The van der Waals surface area contributed by atoms with E-state index in [1.54, 1.807) is 8.20 Å². The molecule has 1 aromatic carbocycles. The van der Waals surface area contributed by atoms with E-state index in [-0.39, 0.29) is 23.3 Å². The zero-order valence-electron chi connectivity index (χ0n) is 21.1. The Morgan fingerprint density at radius 1 is 0.833 bits per heavy atom. The van der Waals surface area contributed by atoms with Crippen LogP contribution in [0.1, 0.15) is 62.3 Å². The zero-order chi connectivity index (χ0) is 22.7. The molecule has 0 aliphatic carbocycles. The van der Waals surface area contributed by atoms with Crippen LogP contribution in [0.4, 0.5) is 5.69 Å². The minimum absolute atomic E-state index is 0.0471. The third-order valence-corrected chi connectivity index (χ3v) is 34.1. The molecule has 3 heterocycles. The maximum atomic E-state index is 3.08. The molecule has 2 saturated heterocycles. The Morgan fingerprint density at radius 2 is 1.37 bits per heavy atom. The summed E-state index contributed by atoms with van der Waals surface area (Å²) in [6.45, 7) is 30.7. The third-order valence-electron chi connectivity index (χ3n) is 6.62. The molecule has 0 amide bonds. The highest BCUT2D eigenvalue weighted by atomic mass is 32.1. The Kier molecular flexibility index (Phi) is 5.28. The molecule has 0 N–H and O–H groups in total. The van der Waals surface area contributed by atoms with Crippen LogP contribution in [0.3, 0.4) is 0 Å². The molecular weight excluding hydrogens is 454 g/mol. The molecule has 0 saturated carbocycles. The Morgan fingerprint density at radius 3 is 1.77 bits per heavy atom. The lowest BCUT2D eigenvalue weighted by Gasteiger charge is -2.67. The summed E-state index contributed by atoms with van der Waals surface area (Å²) in [4.78, 5) is 0. The van der Waals surface area contributed by atoms with Gasteiger partial charge in [0, 0.05) is 13.8 Å². The Bertz CT molecular complexity index is 887. The first-order valence-electron chi connectivity index (χ1n) is 11.3. The molecular formula is C24H41NP4Si. The normalized spacial score (nSPS) is 36.0. The Hall–Kier alpha value is 0.697.